The van der Waals surface area contributed by atoms with E-state index in [1.165, 1.54) is 64.4 Å². The smallest absolute Gasteiger partial charge is 0.426 e. The Morgan fingerprint density at radius 1 is 0.583 bits per heavy atom. The van der Waals surface area contributed by atoms with Gasteiger partial charge in [-0.25, -0.2) is 0 Å². The quantitative estimate of drug-likeness (QED) is 0.0333. The number of carbonyl (C=O) groups excluding carboxylic acids is 1. The Balaban J connectivity index is 2.93. The molecule has 0 aliphatic carbocycles. The third-order valence-electron chi connectivity index (χ3n) is 10.4. The molecular weight excluding hydrogens is 867 g/mol. The van der Waals surface area contributed by atoms with Gasteiger partial charge in [-0.3, -0.25) is 4.79 Å². The van der Waals surface area contributed by atoms with Crippen LogP contribution in [0, 0.1) is 6.92 Å². The molecule has 0 bridgehead atoms. The summed E-state index contributed by atoms with van der Waals surface area (Å²) in [6.45, 7) is 7.34. The summed E-state index contributed by atoms with van der Waals surface area (Å²) in [5.41, 5.74) is 1.18. The first-order valence-electron chi connectivity index (χ1n) is 20.1. The van der Waals surface area contributed by atoms with Crippen LogP contribution in [0.2, 0.25) is 0 Å². The maximum atomic E-state index is 14.5. The summed E-state index contributed by atoms with van der Waals surface area (Å²) < 4.78 is 238. The number of rotatable bonds is 30. The van der Waals surface area contributed by atoms with Gasteiger partial charge in [0, 0.05) is 24.2 Å². The molecule has 60 heavy (non-hydrogen) atoms. The van der Waals surface area contributed by atoms with Gasteiger partial charge in [0.15, 0.2) is 0 Å². The van der Waals surface area contributed by atoms with Crippen LogP contribution in [-0.2, 0) is 10.5 Å². The van der Waals surface area contributed by atoms with Crippen molar-refractivity contribution in [2.75, 3.05) is 5.75 Å². The molecule has 0 saturated heterocycles. The lowest BCUT2D eigenvalue weighted by molar-refractivity contribution is -0.461. The molecule has 352 valence electrons. The molecule has 0 aromatic heterocycles. The van der Waals surface area contributed by atoms with Crippen molar-refractivity contribution in [1.82, 2.24) is 0 Å². The molecule has 0 spiro atoms. The molecule has 1 unspecified atom stereocenters. The highest BCUT2D eigenvalue weighted by Crippen LogP contribution is 2.64. The summed E-state index contributed by atoms with van der Waals surface area (Å²) in [7, 11) is 0. The number of benzene rings is 1. The lowest BCUT2D eigenvalue weighted by Crippen LogP contribution is -2.74. The molecular formula is C40H55F17O2S. The first kappa shape index (κ1) is 55.9. The Morgan fingerprint density at radius 2 is 0.983 bits per heavy atom. The van der Waals surface area contributed by atoms with Crippen molar-refractivity contribution in [2.24, 2.45) is 0 Å². The van der Waals surface area contributed by atoms with Gasteiger partial charge in [0.25, 0.3) is 0 Å². The van der Waals surface area contributed by atoms with Crippen molar-refractivity contribution in [1.29, 1.82) is 0 Å². The van der Waals surface area contributed by atoms with E-state index in [4.69, 9.17) is 4.74 Å². The number of esters is 1. The molecule has 0 heterocycles. The molecule has 0 N–H and O–H groups in total. The molecule has 0 aliphatic heterocycles. The first-order chi connectivity index (χ1) is 27.4. The van der Waals surface area contributed by atoms with Crippen LogP contribution in [-0.4, -0.2) is 59.4 Å². The van der Waals surface area contributed by atoms with E-state index < -0.39 is 71.5 Å². The van der Waals surface area contributed by atoms with E-state index in [0.29, 0.717) is 24.0 Å². The van der Waals surface area contributed by atoms with Gasteiger partial charge in [-0.05, 0) is 42.6 Å². The lowest BCUT2D eigenvalue weighted by atomic mass is 9.88. The normalized spacial score (nSPS) is 14.5. The predicted octanol–water partition coefficient (Wildman–Crippen LogP) is 16.3. The fourth-order valence-corrected chi connectivity index (χ4v) is 7.17. The van der Waals surface area contributed by atoms with Crippen molar-refractivity contribution in [2.45, 2.75) is 203 Å². The molecule has 0 saturated carbocycles. The highest BCUT2D eigenvalue weighted by atomic mass is 32.2. The average Bonchev–Trinajstić information content (AvgIpc) is 3.14. The van der Waals surface area contributed by atoms with Gasteiger partial charge >= 0.3 is 53.6 Å². The Kier molecular flexibility index (Phi) is 21.4. The average molecular weight is 923 g/mol. The van der Waals surface area contributed by atoms with Gasteiger partial charge in [-0.15, -0.1) is 0 Å². The largest absolute Gasteiger partial charge is 0.460 e. The molecule has 1 aromatic carbocycles. The topological polar surface area (TPSA) is 26.3 Å². The van der Waals surface area contributed by atoms with E-state index >= 15 is 0 Å². The second kappa shape index (κ2) is 23.0. The summed E-state index contributed by atoms with van der Waals surface area (Å²) in [5.74, 6) is -59.1. The third-order valence-corrected chi connectivity index (χ3v) is 11.4. The Hall–Kier alpha value is -2.15. The van der Waals surface area contributed by atoms with Gasteiger partial charge in [0.2, 0.25) is 0 Å². The Bertz CT molecular complexity index is 1450. The molecule has 0 amide bonds. The molecule has 1 atom stereocenters. The van der Waals surface area contributed by atoms with Gasteiger partial charge < -0.3 is 4.74 Å². The maximum absolute atomic E-state index is 14.5. The van der Waals surface area contributed by atoms with E-state index in [1.807, 2.05) is 6.92 Å². The van der Waals surface area contributed by atoms with Crippen molar-refractivity contribution in [3.05, 3.63) is 28.8 Å². The minimum atomic E-state index is -8.66. The van der Waals surface area contributed by atoms with E-state index in [1.54, 1.807) is 13.0 Å². The first-order valence-corrected chi connectivity index (χ1v) is 21.2. The fourth-order valence-electron chi connectivity index (χ4n) is 6.19. The monoisotopic (exact) mass is 922 g/mol. The Labute approximate surface area is 344 Å². The number of hydrogen-bond acceptors (Lipinski definition) is 3. The SMILES string of the molecule is CCCCCCCCCCCCCCCCCC(=O)Oc1c(C)cc(C(C)CC)cc1CSCCC(F)(F)C(F)(F)C(F)(F)C(F)(F)C(F)(F)C(F)(F)C(F)(F)C(F)(F)F. The summed E-state index contributed by atoms with van der Waals surface area (Å²) >= 11 is 0.271. The molecule has 2 nitrogen and oxygen atoms in total. The molecule has 20 heteroatoms. The van der Waals surface area contributed by atoms with Crippen molar-refractivity contribution >= 4 is 17.7 Å². The number of alkyl halides is 17. The van der Waals surface area contributed by atoms with Crippen LogP contribution in [0.3, 0.4) is 0 Å². The number of halogens is 17. The standard InChI is InChI=1S/C40H55F17O2S/c1-5-7-8-9-10-11-12-13-14-15-16-17-18-19-20-21-31(58)59-32-28(4)24-29(27(3)6-2)25-30(32)26-60-23-22-33(41,42)34(43,44)35(45,46)36(47,48)37(49,50)38(51,52)39(53,54)40(55,56)57/h24-25,27H,5-23,26H2,1-4H3. The highest BCUT2D eigenvalue weighted by Gasteiger charge is 2.95. The van der Waals surface area contributed by atoms with Crippen molar-refractivity contribution in [3.8, 4) is 5.75 Å². The van der Waals surface area contributed by atoms with Crippen molar-refractivity contribution in [3.63, 3.8) is 0 Å². The van der Waals surface area contributed by atoms with Crippen LogP contribution < -0.4 is 4.74 Å². The highest BCUT2D eigenvalue weighted by molar-refractivity contribution is 7.98. The number of carbonyl (C=O) groups is 1. The molecule has 0 radical (unpaired) electrons. The zero-order valence-corrected chi connectivity index (χ0v) is 34.8. The number of thioether (sulfide) groups is 1. The lowest BCUT2D eigenvalue weighted by Gasteiger charge is -2.42. The van der Waals surface area contributed by atoms with Crippen LogP contribution in [0.5, 0.6) is 5.75 Å². The molecule has 0 aliphatic rings. The summed E-state index contributed by atoms with van der Waals surface area (Å²) in [4.78, 5) is 12.8. The zero-order valence-electron chi connectivity index (χ0n) is 34.0. The van der Waals surface area contributed by atoms with Gasteiger partial charge in [-0.1, -0.05) is 123 Å². The number of hydrogen-bond donors (Lipinski definition) is 0. The van der Waals surface area contributed by atoms with Crippen LogP contribution in [0.4, 0.5) is 74.6 Å². The molecule has 1 aromatic rings. The van der Waals surface area contributed by atoms with Crippen LogP contribution in [0.15, 0.2) is 12.1 Å². The fraction of sp³-hybridized carbons (Fsp3) is 0.825. The molecule has 1 rings (SSSR count). The number of ether oxygens (including phenoxy) is 1. The van der Waals surface area contributed by atoms with E-state index in [9.17, 15) is 79.4 Å². The van der Waals surface area contributed by atoms with E-state index in [0.717, 1.165) is 38.5 Å². The summed E-state index contributed by atoms with van der Waals surface area (Å²) in [6, 6.07) is 3.16. The maximum Gasteiger partial charge on any atom is 0.460 e. The van der Waals surface area contributed by atoms with Gasteiger partial charge in [0.1, 0.15) is 5.75 Å². The minimum Gasteiger partial charge on any atom is -0.426 e. The molecule has 0 fully saturated rings. The van der Waals surface area contributed by atoms with Gasteiger partial charge in [-0.2, -0.15) is 86.4 Å². The van der Waals surface area contributed by atoms with E-state index in [-0.39, 0.29) is 35.4 Å². The van der Waals surface area contributed by atoms with Crippen LogP contribution >= 0.6 is 11.8 Å². The summed E-state index contributed by atoms with van der Waals surface area (Å²) in [6.07, 6.45) is 6.66. The Morgan fingerprint density at radius 3 is 1.40 bits per heavy atom. The number of unbranched alkanes of at least 4 members (excludes halogenated alkanes) is 14. The van der Waals surface area contributed by atoms with Crippen LogP contribution in [0.1, 0.15) is 159 Å². The summed E-state index contributed by atoms with van der Waals surface area (Å²) in [5, 5.41) is 0. The zero-order chi connectivity index (χ0) is 46.4. The van der Waals surface area contributed by atoms with Crippen LogP contribution in [0.25, 0.3) is 0 Å². The van der Waals surface area contributed by atoms with Gasteiger partial charge in [0.05, 0.1) is 0 Å². The third kappa shape index (κ3) is 13.4. The minimum absolute atomic E-state index is 0.00360. The second-order valence-electron chi connectivity index (χ2n) is 15.3. The number of aryl methyl sites for hydroxylation is 1. The predicted molar refractivity (Wildman–Crippen MR) is 197 cm³/mol. The van der Waals surface area contributed by atoms with E-state index in [2.05, 4.69) is 6.92 Å². The van der Waals surface area contributed by atoms with Crippen molar-refractivity contribution < 1.29 is 84.2 Å². The second-order valence-corrected chi connectivity index (χ2v) is 16.4.